The second kappa shape index (κ2) is 6.17. The van der Waals surface area contributed by atoms with Crippen LogP contribution in [0.25, 0.3) is 11.3 Å². The summed E-state index contributed by atoms with van der Waals surface area (Å²) < 4.78 is 5.34. The van der Waals surface area contributed by atoms with E-state index in [9.17, 15) is 4.79 Å². The number of aryl methyl sites for hydroxylation is 1. The molecule has 0 bridgehead atoms. The van der Waals surface area contributed by atoms with Gasteiger partial charge in [0.05, 0.1) is 18.2 Å². The summed E-state index contributed by atoms with van der Waals surface area (Å²) in [5.41, 5.74) is 2.81. The lowest BCUT2D eigenvalue weighted by Gasteiger charge is -2.05. The highest BCUT2D eigenvalue weighted by molar-refractivity contribution is 5.91. The molecule has 0 atom stereocenters. The summed E-state index contributed by atoms with van der Waals surface area (Å²) in [5, 5.41) is 2.80. The molecule has 1 N–H and O–H groups in total. The monoisotopic (exact) mass is 294 g/mol. The number of nitrogens with zero attached hydrogens (tertiary/aromatic N) is 3. The fourth-order valence-corrected chi connectivity index (χ4v) is 1.94. The Hall–Kier alpha value is -3.02. The van der Waals surface area contributed by atoms with Crippen LogP contribution in [0, 0.1) is 6.92 Å². The van der Waals surface area contributed by atoms with Crippen LogP contribution in [0.3, 0.4) is 0 Å². The molecule has 0 aromatic carbocycles. The van der Waals surface area contributed by atoms with Gasteiger partial charge in [0.25, 0.3) is 5.91 Å². The summed E-state index contributed by atoms with van der Waals surface area (Å²) in [6.07, 6.45) is 8.05. The number of nitrogens with one attached hydrogen (secondary N) is 1. The second-order valence-corrected chi connectivity index (χ2v) is 4.78. The predicted molar refractivity (Wildman–Crippen MR) is 79.9 cm³/mol. The maximum absolute atomic E-state index is 12.0. The number of aromatic nitrogens is 3. The topological polar surface area (TPSA) is 80.9 Å². The molecule has 0 aliphatic rings. The van der Waals surface area contributed by atoms with Crippen molar-refractivity contribution >= 4 is 5.91 Å². The predicted octanol–water partition coefficient (Wildman–Crippen LogP) is 2.37. The number of hydrogen-bond donors (Lipinski definition) is 1. The summed E-state index contributed by atoms with van der Waals surface area (Å²) in [7, 11) is 0. The van der Waals surface area contributed by atoms with E-state index in [-0.39, 0.29) is 5.91 Å². The number of amides is 1. The first kappa shape index (κ1) is 13.9. The van der Waals surface area contributed by atoms with Crippen molar-refractivity contribution in [2.45, 2.75) is 13.5 Å². The highest BCUT2D eigenvalue weighted by atomic mass is 16.3. The average molecular weight is 294 g/mol. The zero-order chi connectivity index (χ0) is 15.4. The molecule has 110 valence electrons. The molecule has 6 heteroatoms. The number of furan rings is 1. The highest BCUT2D eigenvalue weighted by Gasteiger charge is 2.08. The van der Waals surface area contributed by atoms with Crippen LogP contribution >= 0.6 is 0 Å². The Morgan fingerprint density at radius 1 is 1.23 bits per heavy atom. The van der Waals surface area contributed by atoms with Gasteiger partial charge in [-0.15, -0.1) is 0 Å². The van der Waals surface area contributed by atoms with Gasteiger partial charge in [0.1, 0.15) is 11.5 Å². The molecule has 0 unspecified atom stereocenters. The molecular weight excluding hydrogens is 280 g/mol. The number of pyridine rings is 1. The van der Waals surface area contributed by atoms with Gasteiger partial charge in [-0.05, 0) is 30.7 Å². The Labute approximate surface area is 127 Å². The number of hydrogen-bond acceptors (Lipinski definition) is 5. The molecule has 3 aromatic heterocycles. The van der Waals surface area contributed by atoms with Crippen LogP contribution in [-0.4, -0.2) is 20.9 Å². The standard InChI is InChI=1S/C16H14N4O2/c1-11-6-19-14(10-18-11)16(21)20-8-12-5-13(9-17-7-12)15-3-2-4-22-15/h2-7,9-10H,8H2,1H3,(H,20,21). The maximum atomic E-state index is 12.0. The Bertz CT molecular complexity index is 767. The molecule has 0 saturated carbocycles. The van der Waals surface area contributed by atoms with Gasteiger partial charge >= 0.3 is 0 Å². The zero-order valence-electron chi connectivity index (χ0n) is 12.0. The van der Waals surface area contributed by atoms with E-state index >= 15 is 0 Å². The summed E-state index contributed by atoms with van der Waals surface area (Å²) >= 11 is 0. The molecule has 6 nitrogen and oxygen atoms in total. The minimum absolute atomic E-state index is 0.268. The van der Waals surface area contributed by atoms with Crippen LogP contribution in [0.5, 0.6) is 0 Å². The summed E-state index contributed by atoms with van der Waals surface area (Å²) in [5.74, 6) is 0.473. The third kappa shape index (κ3) is 3.17. The van der Waals surface area contributed by atoms with Crippen LogP contribution < -0.4 is 5.32 Å². The van der Waals surface area contributed by atoms with Crippen LogP contribution in [0.2, 0.25) is 0 Å². The molecule has 3 rings (SSSR count). The van der Waals surface area contributed by atoms with Crippen molar-refractivity contribution in [3.8, 4) is 11.3 Å². The van der Waals surface area contributed by atoms with Gasteiger partial charge in [-0.2, -0.15) is 0 Å². The smallest absolute Gasteiger partial charge is 0.271 e. The van der Waals surface area contributed by atoms with Gasteiger partial charge in [0.15, 0.2) is 0 Å². The fraction of sp³-hybridized carbons (Fsp3) is 0.125. The largest absolute Gasteiger partial charge is 0.464 e. The highest BCUT2D eigenvalue weighted by Crippen LogP contribution is 2.19. The van der Waals surface area contributed by atoms with E-state index in [2.05, 4.69) is 20.3 Å². The van der Waals surface area contributed by atoms with E-state index in [1.165, 1.54) is 6.20 Å². The van der Waals surface area contributed by atoms with E-state index < -0.39 is 0 Å². The van der Waals surface area contributed by atoms with Crippen LogP contribution in [0.15, 0.2) is 53.7 Å². The minimum Gasteiger partial charge on any atom is -0.464 e. The van der Waals surface area contributed by atoms with Gasteiger partial charge in [0, 0.05) is 30.7 Å². The van der Waals surface area contributed by atoms with Crippen LogP contribution in [0.1, 0.15) is 21.7 Å². The number of carbonyl (C=O) groups excluding carboxylic acids is 1. The second-order valence-electron chi connectivity index (χ2n) is 4.78. The molecule has 0 saturated heterocycles. The summed E-state index contributed by atoms with van der Waals surface area (Å²) in [4.78, 5) is 24.3. The Morgan fingerprint density at radius 2 is 2.14 bits per heavy atom. The third-order valence-corrected chi connectivity index (χ3v) is 3.07. The van der Waals surface area contributed by atoms with E-state index in [1.54, 1.807) is 24.9 Å². The number of carbonyl (C=O) groups is 1. The van der Waals surface area contributed by atoms with Crippen molar-refractivity contribution in [2.24, 2.45) is 0 Å². The average Bonchev–Trinajstić information content (AvgIpc) is 3.08. The molecule has 1 amide bonds. The summed E-state index contributed by atoms with van der Waals surface area (Å²) in [6, 6.07) is 5.61. The van der Waals surface area contributed by atoms with Gasteiger partial charge in [-0.1, -0.05) is 0 Å². The molecule has 0 aliphatic heterocycles. The quantitative estimate of drug-likeness (QED) is 0.799. The molecule has 0 fully saturated rings. The molecule has 0 aliphatic carbocycles. The van der Waals surface area contributed by atoms with Crippen LogP contribution in [-0.2, 0) is 6.54 Å². The van der Waals surface area contributed by atoms with Crippen molar-refractivity contribution in [3.63, 3.8) is 0 Å². The zero-order valence-corrected chi connectivity index (χ0v) is 12.0. The van der Waals surface area contributed by atoms with Gasteiger partial charge in [-0.3, -0.25) is 14.8 Å². The van der Waals surface area contributed by atoms with E-state index in [0.717, 1.165) is 22.6 Å². The number of rotatable bonds is 4. The first-order valence-corrected chi connectivity index (χ1v) is 6.77. The third-order valence-electron chi connectivity index (χ3n) is 3.07. The molecule has 0 spiro atoms. The van der Waals surface area contributed by atoms with Crippen molar-refractivity contribution in [1.29, 1.82) is 0 Å². The van der Waals surface area contributed by atoms with Crippen molar-refractivity contribution in [2.75, 3.05) is 0 Å². The Morgan fingerprint density at radius 3 is 2.86 bits per heavy atom. The van der Waals surface area contributed by atoms with Gasteiger partial charge < -0.3 is 9.73 Å². The lowest BCUT2D eigenvalue weighted by molar-refractivity contribution is 0.0945. The van der Waals surface area contributed by atoms with Gasteiger partial charge in [0.2, 0.25) is 0 Å². The molecule has 3 aromatic rings. The minimum atomic E-state index is -0.268. The first-order valence-electron chi connectivity index (χ1n) is 6.77. The van der Waals surface area contributed by atoms with Crippen molar-refractivity contribution in [1.82, 2.24) is 20.3 Å². The Kier molecular flexibility index (Phi) is 3.91. The molecular formula is C16H14N4O2. The normalized spacial score (nSPS) is 10.4. The molecule has 22 heavy (non-hydrogen) atoms. The summed E-state index contributed by atoms with van der Waals surface area (Å²) in [6.45, 7) is 2.18. The van der Waals surface area contributed by atoms with Gasteiger partial charge in [-0.25, -0.2) is 4.98 Å². The lowest BCUT2D eigenvalue weighted by Crippen LogP contribution is -2.24. The van der Waals surface area contributed by atoms with Crippen molar-refractivity contribution < 1.29 is 9.21 Å². The van der Waals surface area contributed by atoms with E-state index in [0.29, 0.717) is 12.2 Å². The van der Waals surface area contributed by atoms with Crippen molar-refractivity contribution in [3.05, 3.63) is 66.2 Å². The molecule has 0 radical (unpaired) electrons. The SMILES string of the molecule is Cc1cnc(C(=O)NCc2cncc(-c3ccco3)c2)cn1. The first-order chi connectivity index (χ1) is 10.7. The maximum Gasteiger partial charge on any atom is 0.271 e. The fourth-order valence-electron chi connectivity index (χ4n) is 1.94. The van der Waals surface area contributed by atoms with E-state index in [4.69, 9.17) is 4.42 Å². The lowest BCUT2D eigenvalue weighted by atomic mass is 10.1. The van der Waals surface area contributed by atoms with Crippen LogP contribution in [0.4, 0.5) is 0 Å². The molecule has 3 heterocycles. The van der Waals surface area contributed by atoms with E-state index in [1.807, 2.05) is 25.1 Å². The Balaban J connectivity index is 1.67.